The van der Waals surface area contributed by atoms with Crippen molar-refractivity contribution in [3.8, 4) is 17.6 Å². The lowest BCUT2D eigenvalue weighted by Gasteiger charge is -2.63. The number of fused-ring (bicyclic) bond motifs is 1. The van der Waals surface area contributed by atoms with Crippen LogP contribution in [-0.4, -0.2) is 99.4 Å². The number of carbonyl (C=O) groups is 4. The monoisotopic (exact) mass is 850 g/mol. The fourth-order valence-corrected chi connectivity index (χ4v) is 10.7. The van der Waals surface area contributed by atoms with Crippen LogP contribution in [0, 0.1) is 28.1 Å². The van der Waals surface area contributed by atoms with E-state index < -0.39 is 11.9 Å². The first kappa shape index (κ1) is 42.4. The molecule has 8 rings (SSSR count). The molecule has 1 aromatic heterocycles. The lowest BCUT2D eigenvalue weighted by atomic mass is 9.49. The van der Waals surface area contributed by atoms with E-state index in [2.05, 4.69) is 78.0 Å². The number of nitriles is 1. The van der Waals surface area contributed by atoms with Crippen LogP contribution in [0.3, 0.4) is 0 Å². The summed E-state index contributed by atoms with van der Waals surface area (Å²) in [6.45, 7) is 15.8. The number of halogens is 1. The molecule has 4 fully saturated rings. The lowest BCUT2D eigenvalue weighted by molar-refractivity contribution is -0.164. The van der Waals surface area contributed by atoms with Gasteiger partial charge in [0.1, 0.15) is 35.8 Å². The highest BCUT2D eigenvalue weighted by molar-refractivity contribution is 6.31. The van der Waals surface area contributed by atoms with Crippen molar-refractivity contribution in [3.63, 3.8) is 0 Å². The summed E-state index contributed by atoms with van der Waals surface area (Å²) in [5.74, 6) is 1.28. The minimum Gasteiger partial charge on any atom is -0.490 e. The van der Waals surface area contributed by atoms with Gasteiger partial charge in [0.25, 0.3) is 11.8 Å². The third-order valence-corrected chi connectivity index (χ3v) is 14.0. The Morgan fingerprint density at radius 1 is 1.00 bits per heavy atom. The van der Waals surface area contributed by atoms with Crippen molar-refractivity contribution in [3.05, 3.63) is 76.1 Å². The normalized spacial score (nSPS) is 25.6. The maximum Gasteiger partial charge on any atom is 0.255 e. The number of benzene rings is 2. The summed E-state index contributed by atoms with van der Waals surface area (Å²) in [6, 6.07) is 12.7. The number of nitrogens with zero attached hydrogens (tertiary/aromatic N) is 6. The maximum absolute atomic E-state index is 13.5. The highest BCUT2D eigenvalue weighted by Crippen LogP contribution is 2.55. The molecule has 2 N–H and O–H groups in total. The van der Waals surface area contributed by atoms with Gasteiger partial charge in [0.05, 0.1) is 16.1 Å². The van der Waals surface area contributed by atoms with E-state index >= 15 is 0 Å². The summed E-state index contributed by atoms with van der Waals surface area (Å²) < 4.78 is 12.7. The van der Waals surface area contributed by atoms with Gasteiger partial charge >= 0.3 is 0 Å². The average molecular weight is 851 g/mol. The number of hydrogen-bond donors (Lipinski definition) is 2. The number of rotatable bonds is 12. The van der Waals surface area contributed by atoms with E-state index in [1.54, 1.807) is 41.6 Å². The first-order valence-corrected chi connectivity index (χ1v) is 21.9. The molecule has 0 bridgehead atoms. The summed E-state index contributed by atoms with van der Waals surface area (Å²) in [6.07, 6.45) is 7.51. The molecule has 3 aliphatic heterocycles. The minimum absolute atomic E-state index is 0.0638. The molecule has 15 heteroatoms. The van der Waals surface area contributed by atoms with Crippen molar-refractivity contribution >= 4 is 41.2 Å². The first-order valence-electron chi connectivity index (χ1n) is 21.5. The maximum atomic E-state index is 13.5. The molecule has 2 saturated carbocycles. The number of aromatic nitrogens is 2. The zero-order valence-corrected chi connectivity index (χ0v) is 36.5. The third kappa shape index (κ3) is 8.26. The van der Waals surface area contributed by atoms with Crippen LogP contribution in [0.4, 0.5) is 5.95 Å². The molecular weight excluding hydrogens is 796 g/mol. The second-order valence-electron chi connectivity index (χ2n) is 18.9. The predicted molar refractivity (Wildman–Crippen MR) is 228 cm³/mol. The first-order chi connectivity index (χ1) is 29.0. The Kier molecular flexibility index (Phi) is 11.5. The smallest absolute Gasteiger partial charge is 0.255 e. The van der Waals surface area contributed by atoms with Gasteiger partial charge in [-0.2, -0.15) is 5.26 Å². The average Bonchev–Trinajstić information content (AvgIpc) is 3.54. The zero-order valence-electron chi connectivity index (χ0n) is 35.7. The number of ether oxygens (including phenoxy) is 2. The molecule has 322 valence electrons. The molecule has 61 heavy (non-hydrogen) atoms. The van der Waals surface area contributed by atoms with E-state index in [0.717, 1.165) is 50.9 Å². The molecule has 1 atom stereocenters. The lowest BCUT2D eigenvalue weighted by Crippen LogP contribution is -2.74. The highest BCUT2D eigenvalue weighted by Gasteiger charge is 2.64. The van der Waals surface area contributed by atoms with Gasteiger partial charge in [0, 0.05) is 98.4 Å². The van der Waals surface area contributed by atoms with Gasteiger partial charge in [0.15, 0.2) is 0 Å². The van der Waals surface area contributed by atoms with Gasteiger partial charge in [-0.25, -0.2) is 9.97 Å². The molecule has 5 aliphatic rings. The standard InChI is InChI=1S/C46H55ClN8O6/c1-26(2)54(31-17-34(18-31)60-32-10-8-29-25-55(41(59)35(29)19-32)37-11-12-38(56)51-40(37)58)24-27-13-15-53(16-14-27)44-49-22-30(23-50-44)39(57)52-42-45(3,4)43(46(42,5)6)61-33-9-7-28(21-48)36(47)20-33/h7-10,19-20,22-23,26-27,31,34,37,42-43H,11-18,24-25H2,1-6H3,(H,52,57)(H,51,56,58). The Morgan fingerprint density at radius 3 is 2.31 bits per heavy atom. The van der Waals surface area contributed by atoms with Crippen molar-refractivity contribution in [2.45, 2.75) is 123 Å². The molecule has 2 aromatic carbocycles. The van der Waals surface area contributed by atoms with Crippen LogP contribution in [-0.2, 0) is 16.1 Å². The summed E-state index contributed by atoms with van der Waals surface area (Å²) >= 11 is 6.25. The number of amides is 4. The van der Waals surface area contributed by atoms with Crippen LogP contribution in [0.25, 0.3) is 0 Å². The zero-order chi connectivity index (χ0) is 43.4. The van der Waals surface area contributed by atoms with E-state index in [-0.39, 0.29) is 53.2 Å². The van der Waals surface area contributed by atoms with Gasteiger partial charge in [0.2, 0.25) is 17.8 Å². The van der Waals surface area contributed by atoms with Crippen molar-refractivity contribution in [2.75, 3.05) is 24.5 Å². The van der Waals surface area contributed by atoms with E-state index in [0.29, 0.717) is 70.1 Å². The Balaban J connectivity index is 0.788. The fourth-order valence-electron chi connectivity index (χ4n) is 10.5. The van der Waals surface area contributed by atoms with Gasteiger partial charge in [-0.3, -0.25) is 29.4 Å². The van der Waals surface area contributed by atoms with Gasteiger partial charge in [-0.05, 0) is 68.9 Å². The second-order valence-corrected chi connectivity index (χ2v) is 19.3. The fraction of sp³-hybridized carbons (Fsp3) is 0.543. The number of piperidine rings is 2. The number of anilines is 1. The van der Waals surface area contributed by atoms with Gasteiger partial charge in [-0.15, -0.1) is 0 Å². The summed E-state index contributed by atoms with van der Waals surface area (Å²) in [4.78, 5) is 66.5. The number of nitrogens with one attached hydrogen (secondary N) is 2. The summed E-state index contributed by atoms with van der Waals surface area (Å²) in [5, 5.41) is 15.1. The van der Waals surface area contributed by atoms with Crippen LogP contribution < -0.4 is 25.0 Å². The Labute approximate surface area is 362 Å². The number of hydrogen-bond acceptors (Lipinski definition) is 11. The highest BCUT2D eigenvalue weighted by atomic mass is 35.5. The van der Waals surface area contributed by atoms with E-state index in [1.165, 1.54) is 0 Å². The van der Waals surface area contributed by atoms with Crippen molar-refractivity contribution in [1.82, 2.24) is 30.4 Å². The summed E-state index contributed by atoms with van der Waals surface area (Å²) in [7, 11) is 0. The van der Waals surface area contributed by atoms with Crippen LogP contribution in [0.2, 0.25) is 5.02 Å². The van der Waals surface area contributed by atoms with Crippen LogP contribution in [0.15, 0.2) is 48.8 Å². The molecule has 2 saturated heterocycles. The number of carbonyl (C=O) groups excluding carboxylic acids is 4. The number of imide groups is 1. The predicted octanol–water partition coefficient (Wildman–Crippen LogP) is 5.91. The van der Waals surface area contributed by atoms with Crippen molar-refractivity contribution < 1.29 is 28.7 Å². The Bertz CT molecular complexity index is 2230. The van der Waals surface area contributed by atoms with Gasteiger partial charge in [-0.1, -0.05) is 45.4 Å². The molecule has 0 spiro atoms. The van der Waals surface area contributed by atoms with E-state index in [1.807, 2.05) is 12.1 Å². The Morgan fingerprint density at radius 2 is 1.67 bits per heavy atom. The molecule has 4 heterocycles. The van der Waals surface area contributed by atoms with E-state index in [4.69, 9.17) is 21.1 Å². The Hall–Kier alpha value is -5.26. The van der Waals surface area contributed by atoms with Crippen LogP contribution >= 0.6 is 11.6 Å². The van der Waals surface area contributed by atoms with Crippen molar-refractivity contribution in [1.29, 1.82) is 5.26 Å². The second kappa shape index (κ2) is 16.5. The molecular formula is C46H55ClN8O6. The summed E-state index contributed by atoms with van der Waals surface area (Å²) in [5.41, 5.74) is 1.45. The molecule has 1 unspecified atom stereocenters. The molecule has 14 nitrogen and oxygen atoms in total. The van der Waals surface area contributed by atoms with Crippen LogP contribution in [0.1, 0.15) is 112 Å². The molecule has 4 amide bonds. The minimum atomic E-state index is -0.635. The third-order valence-electron chi connectivity index (χ3n) is 13.7. The van der Waals surface area contributed by atoms with E-state index in [9.17, 15) is 24.4 Å². The molecule has 3 aromatic rings. The van der Waals surface area contributed by atoms with Crippen LogP contribution in [0.5, 0.6) is 11.5 Å². The topological polar surface area (TPSA) is 170 Å². The van der Waals surface area contributed by atoms with Gasteiger partial charge < -0.3 is 24.6 Å². The SMILES string of the molecule is CC(C)N(CC1CCN(c2ncc(C(=O)NC3C(C)(C)C(Oc4ccc(C#N)c(Cl)c4)C3(C)C)cn2)CC1)C1CC(Oc2ccc3c(c2)C(=O)N(C2CCC(=O)NC2=O)C3)C1. The molecule has 0 radical (unpaired) electrons. The van der Waals surface area contributed by atoms with Crippen molar-refractivity contribution in [2.24, 2.45) is 16.7 Å². The molecule has 2 aliphatic carbocycles. The quantitative estimate of drug-likeness (QED) is 0.208. The largest absolute Gasteiger partial charge is 0.490 e.